The molecule has 0 bridgehead atoms. The molecule has 1 aromatic carbocycles. The van der Waals surface area contributed by atoms with E-state index in [1.165, 1.54) is 5.56 Å². The van der Waals surface area contributed by atoms with Gasteiger partial charge in [0.05, 0.1) is 6.42 Å². The second-order valence-corrected chi connectivity index (χ2v) is 5.85. The Morgan fingerprint density at radius 1 is 1.50 bits per heavy atom. The highest BCUT2D eigenvalue weighted by Crippen LogP contribution is 2.38. The molecule has 0 aromatic heterocycles. The number of fused-ring (bicyclic) bond motifs is 1. The Hall–Kier alpha value is -1.51. The van der Waals surface area contributed by atoms with Crippen LogP contribution in [-0.2, 0) is 11.2 Å². The predicted molar refractivity (Wildman–Crippen MR) is 70.3 cm³/mol. The van der Waals surface area contributed by atoms with Gasteiger partial charge in [0.15, 0.2) is 0 Å². The Morgan fingerprint density at radius 2 is 2.17 bits per heavy atom. The highest BCUT2D eigenvalue weighted by molar-refractivity contribution is 5.68. The first-order chi connectivity index (χ1) is 8.28. The van der Waals surface area contributed by atoms with Crippen molar-refractivity contribution >= 4 is 5.97 Å². The van der Waals surface area contributed by atoms with E-state index in [4.69, 9.17) is 9.84 Å². The predicted octanol–water partition coefficient (Wildman–Crippen LogP) is 3.29. The molecule has 1 atom stereocenters. The molecule has 0 amide bonds. The van der Waals surface area contributed by atoms with Crippen LogP contribution in [-0.4, -0.2) is 16.7 Å². The Labute approximate surface area is 108 Å². The summed E-state index contributed by atoms with van der Waals surface area (Å²) in [4.78, 5) is 10.8. The second-order valence-electron chi connectivity index (χ2n) is 5.85. The van der Waals surface area contributed by atoms with Crippen LogP contribution in [0.1, 0.15) is 49.8 Å². The summed E-state index contributed by atoms with van der Waals surface area (Å²) in [6.45, 7) is 8.12. The largest absolute Gasteiger partial charge is 0.487 e. The van der Waals surface area contributed by atoms with Gasteiger partial charge in [0, 0.05) is 6.42 Å². The summed E-state index contributed by atoms with van der Waals surface area (Å²) < 4.78 is 5.87. The summed E-state index contributed by atoms with van der Waals surface area (Å²) >= 11 is 0. The molecule has 3 nitrogen and oxygen atoms in total. The molecule has 1 unspecified atom stereocenters. The molecular formula is C15H20O3. The van der Waals surface area contributed by atoms with E-state index in [2.05, 4.69) is 19.9 Å². The Morgan fingerprint density at radius 3 is 2.78 bits per heavy atom. The Balaban J connectivity index is 2.33. The quantitative estimate of drug-likeness (QED) is 0.892. The first-order valence-corrected chi connectivity index (χ1v) is 6.33. The number of aryl methyl sites for hydroxylation is 1. The smallest absolute Gasteiger partial charge is 0.303 e. The first kappa shape index (κ1) is 12.9. The molecule has 0 saturated carbocycles. The molecule has 2 rings (SSSR count). The Bertz CT molecular complexity index is 489. The average Bonchev–Trinajstić information content (AvgIpc) is 2.48. The summed E-state index contributed by atoms with van der Waals surface area (Å²) in [5.41, 5.74) is 3.28. The third kappa shape index (κ3) is 2.50. The lowest BCUT2D eigenvalue weighted by atomic mass is 9.90. The lowest BCUT2D eigenvalue weighted by Crippen LogP contribution is -2.24. The highest BCUT2D eigenvalue weighted by atomic mass is 16.5. The standard InChI is InChI=1S/C15H20O3/c1-9-5-13-11(8-15(3,4)18-13)7-12(9)10(2)6-14(16)17/h5,7,10H,6,8H2,1-4H3,(H,16,17). The van der Waals surface area contributed by atoms with Crippen LogP contribution in [0.4, 0.5) is 0 Å². The van der Waals surface area contributed by atoms with Crippen molar-refractivity contribution in [1.29, 1.82) is 0 Å². The first-order valence-electron chi connectivity index (χ1n) is 6.33. The van der Waals surface area contributed by atoms with Crippen molar-refractivity contribution in [3.63, 3.8) is 0 Å². The van der Waals surface area contributed by atoms with Crippen LogP contribution in [0.5, 0.6) is 5.75 Å². The zero-order valence-corrected chi connectivity index (χ0v) is 11.4. The van der Waals surface area contributed by atoms with E-state index in [0.29, 0.717) is 0 Å². The molecule has 0 spiro atoms. The minimum atomic E-state index is -0.751. The van der Waals surface area contributed by atoms with Gasteiger partial charge in [0.2, 0.25) is 0 Å². The summed E-state index contributed by atoms with van der Waals surface area (Å²) in [5, 5.41) is 8.89. The number of carbonyl (C=O) groups is 1. The molecule has 98 valence electrons. The molecule has 1 aliphatic heterocycles. The molecule has 0 fully saturated rings. The van der Waals surface area contributed by atoms with Crippen LogP contribution in [0.3, 0.4) is 0 Å². The fourth-order valence-corrected chi connectivity index (χ4v) is 2.67. The van der Waals surface area contributed by atoms with Gasteiger partial charge < -0.3 is 9.84 Å². The molecule has 18 heavy (non-hydrogen) atoms. The van der Waals surface area contributed by atoms with Crippen molar-refractivity contribution in [3.8, 4) is 5.75 Å². The fraction of sp³-hybridized carbons (Fsp3) is 0.533. The molecule has 0 aliphatic carbocycles. The number of benzene rings is 1. The molecule has 1 aliphatic rings. The van der Waals surface area contributed by atoms with Gasteiger partial charge in [-0.05, 0) is 49.4 Å². The van der Waals surface area contributed by atoms with Crippen LogP contribution >= 0.6 is 0 Å². The molecule has 0 saturated heterocycles. The fourth-order valence-electron chi connectivity index (χ4n) is 2.67. The van der Waals surface area contributed by atoms with Crippen molar-refractivity contribution in [3.05, 3.63) is 28.8 Å². The van der Waals surface area contributed by atoms with Crippen molar-refractivity contribution in [2.24, 2.45) is 0 Å². The molecule has 1 N–H and O–H groups in total. The van der Waals surface area contributed by atoms with Gasteiger partial charge in [0.1, 0.15) is 11.4 Å². The van der Waals surface area contributed by atoms with Crippen LogP contribution < -0.4 is 4.74 Å². The SMILES string of the molecule is Cc1cc2c(cc1C(C)CC(=O)O)CC(C)(C)O2. The summed E-state index contributed by atoms with van der Waals surface area (Å²) in [7, 11) is 0. The zero-order chi connectivity index (χ0) is 13.5. The number of ether oxygens (including phenoxy) is 1. The summed E-state index contributed by atoms with van der Waals surface area (Å²) in [5.74, 6) is 0.235. The zero-order valence-electron chi connectivity index (χ0n) is 11.4. The van der Waals surface area contributed by atoms with E-state index in [1.54, 1.807) is 0 Å². The molecular weight excluding hydrogens is 228 g/mol. The van der Waals surface area contributed by atoms with E-state index in [1.807, 2.05) is 19.9 Å². The highest BCUT2D eigenvalue weighted by Gasteiger charge is 2.31. The van der Waals surface area contributed by atoms with E-state index in [-0.39, 0.29) is 17.9 Å². The van der Waals surface area contributed by atoms with Crippen LogP contribution in [0.2, 0.25) is 0 Å². The van der Waals surface area contributed by atoms with Crippen LogP contribution in [0.25, 0.3) is 0 Å². The average molecular weight is 248 g/mol. The van der Waals surface area contributed by atoms with E-state index >= 15 is 0 Å². The number of aliphatic carboxylic acids is 1. The van der Waals surface area contributed by atoms with Crippen LogP contribution in [0, 0.1) is 6.92 Å². The lowest BCUT2D eigenvalue weighted by Gasteiger charge is -2.17. The summed E-state index contributed by atoms with van der Waals surface area (Å²) in [6.07, 6.45) is 1.05. The molecule has 1 aromatic rings. The lowest BCUT2D eigenvalue weighted by molar-refractivity contribution is -0.137. The van der Waals surface area contributed by atoms with E-state index < -0.39 is 5.97 Å². The monoisotopic (exact) mass is 248 g/mol. The molecule has 0 radical (unpaired) electrons. The van der Waals surface area contributed by atoms with E-state index in [9.17, 15) is 4.79 Å². The maximum atomic E-state index is 10.8. The van der Waals surface area contributed by atoms with Gasteiger partial charge in [-0.1, -0.05) is 13.0 Å². The number of carboxylic acid groups (broad SMARTS) is 1. The van der Waals surface area contributed by atoms with Crippen molar-refractivity contribution in [1.82, 2.24) is 0 Å². The minimum absolute atomic E-state index is 0.0384. The third-order valence-corrected chi connectivity index (χ3v) is 3.46. The third-order valence-electron chi connectivity index (χ3n) is 3.46. The van der Waals surface area contributed by atoms with Gasteiger partial charge >= 0.3 is 5.97 Å². The van der Waals surface area contributed by atoms with Crippen molar-refractivity contribution in [2.75, 3.05) is 0 Å². The molecule has 3 heteroatoms. The van der Waals surface area contributed by atoms with Crippen molar-refractivity contribution < 1.29 is 14.6 Å². The van der Waals surface area contributed by atoms with Gasteiger partial charge in [-0.15, -0.1) is 0 Å². The summed E-state index contributed by atoms with van der Waals surface area (Å²) in [6, 6.07) is 4.16. The maximum Gasteiger partial charge on any atom is 0.303 e. The Kier molecular flexibility index (Phi) is 3.09. The second kappa shape index (κ2) is 4.30. The number of carboxylic acids is 1. The van der Waals surface area contributed by atoms with Gasteiger partial charge in [0.25, 0.3) is 0 Å². The molecule has 1 heterocycles. The maximum absolute atomic E-state index is 10.8. The number of rotatable bonds is 3. The van der Waals surface area contributed by atoms with Gasteiger partial charge in [-0.2, -0.15) is 0 Å². The van der Waals surface area contributed by atoms with Crippen LogP contribution in [0.15, 0.2) is 12.1 Å². The number of hydrogen-bond acceptors (Lipinski definition) is 2. The topological polar surface area (TPSA) is 46.5 Å². The van der Waals surface area contributed by atoms with Gasteiger partial charge in [-0.3, -0.25) is 4.79 Å². The minimum Gasteiger partial charge on any atom is -0.487 e. The number of hydrogen-bond donors (Lipinski definition) is 1. The van der Waals surface area contributed by atoms with Gasteiger partial charge in [-0.25, -0.2) is 0 Å². The van der Waals surface area contributed by atoms with Crippen molar-refractivity contribution in [2.45, 2.75) is 52.1 Å². The normalized spacial score (nSPS) is 18.0. The van der Waals surface area contributed by atoms with E-state index in [0.717, 1.165) is 23.3 Å².